The number of rotatable bonds is 12. The van der Waals surface area contributed by atoms with Crippen LogP contribution in [0.25, 0.3) is 0 Å². The molecule has 0 saturated carbocycles. The lowest BCUT2D eigenvalue weighted by atomic mass is 10.1. The number of amides is 1. The fourth-order valence-corrected chi connectivity index (χ4v) is 6.41. The molecule has 4 aromatic rings. The molecule has 1 N–H and O–H groups in total. The van der Waals surface area contributed by atoms with Crippen LogP contribution in [0.2, 0.25) is 10.0 Å². The highest BCUT2D eigenvalue weighted by Crippen LogP contribution is 2.35. The number of fused-ring (bicyclic) bond motifs is 1. The molecule has 1 aromatic heterocycles. The molecule has 0 spiro atoms. The van der Waals surface area contributed by atoms with Gasteiger partial charge in [0.15, 0.2) is 23.0 Å². The van der Waals surface area contributed by atoms with Gasteiger partial charge in [-0.1, -0.05) is 47.1 Å². The smallest absolute Gasteiger partial charge is 0.236 e. The molecule has 2 aliphatic heterocycles. The third-order valence-electron chi connectivity index (χ3n) is 7.71. The van der Waals surface area contributed by atoms with E-state index < -0.39 is 0 Å². The van der Waals surface area contributed by atoms with Gasteiger partial charge in [0.2, 0.25) is 18.6 Å². The maximum Gasteiger partial charge on any atom is 0.236 e. The first-order valence-electron chi connectivity index (χ1n) is 15.0. The maximum atomic E-state index is 12.8. The van der Waals surface area contributed by atoms with Crippen LogP contribution in [-0.4, -0.2) is 73.9 Å². The minimum atomic E-state index is 0.123. The summed E-state index contributed by atoms with van der Waals surface area (Å²) in [5.74, 6) is 3.37. The summed E-state index contributed by atoms with van der Waals surface area (Å²) in [6.45, 7) is 5.20. The van der Waals surface area contributed by atoms with E-state index in [-0.39, 0.29) is 12.7 Å². The number of ether oxygens (including phenoxy) is 4. The van der Waals surface area contributed by atoms with Gasteiger partial charge in [-0.15, -0.1) is 0 Å². The van der Waals surface area contributed by atoms with E-state index in [2.05, 4.69) is 21.3 Å². The van der Waals surface area contributed by atoms with Gasteiger partial charge in [-0.3, -0.25) is 9.69 Å². The molecule has 12 heteroatoms. The first-order chi connectivity index (χ1) is 22.4. The average Bonchev–Trinajstić information content (AvgIpc) is 3.54. The molecule has 0 atom stereocenters. The van der Waals surface area contributed by atoms with Crippen molar-refractivity contribution in [3.63, 3.8) is 0 Å². The molecule has 0 unspecified atom stereocenters. The zero-order valence-electron chi connectivity index (χ0n) is 25.3. The summed E-state index contributed by atoms with van der Waals surface area (Å²) in [5, 5.41) is 4.33. The molecule has 3 aromatic carbocycles. The predicted molar refractivity (Wildman–Crippen MR) is 179 cm³/mol. The summed E-state index contributed by atoms with van der Waals surface area (Å²) in [4.78, 5) is 23.5. The Labute approximate surface area is 282 Å². The Balaban J connectivity index is 0.918. The number of pyridine rings is 1. The summed E-state index contributed by atoms with van der Waals surface area (Å²) in [7, 11) is 1.61. The van der Waals surface area contributed by atoms with E-state index in [1.807, 2.05) is 59.5 Å². The van der Waals surface area contributed by atoms with Crippen LogP contribution in [0.3, 0.4) is 0 Å². The van der Waals surface area contributed by atoms with Gasteiger partial charge in [0.25, 0.3) is 0 Å². The van der Waals surface area contributed by atoms with Crippen molar-refractivity contribution >= 4 is 40.9 Å². The second-order valence-electron chi connectivity index (χ2n) is 10.9. The third kappa shape index (κ3) is 8.37. The lowest BCUT2D eigenvalue weighted by molar-refractivity contribution is -0.132. The second-order valence-corrected chi connectivity index (χ2v) is 12.8. The molecule has 46 heavy (non-hydrogen) atoms. The number of nitrogens with one attached hydrogen (secondary N) is 1. The molecule has 6 rings (SSSR count). The van der Waals surface area contributed by atoms with Crippen molar-refractivity contribution in [1.82, 2.24) is 20.1 Å². The Morgan fingerprint density at radius 3 is 2.48 bits per heavy atom. The first kappa shape index (κ1) is 32.3. The quantitative estimate of drug-likeness (QED) is 0.168. The van der Waals surface area contributed by atoms with Gasteiger partial charge in [-0.2, -0.15) is 0 Å². The van der Waals surface area contributed by atoms with Crippen LogP contribution < -0.4 is 24.3 Å². The second kappa shape index (κ2) is 15.3. The van der Waals surface area contributed by atoms with Crippen molar-refractivity contribution in [2.24, 2.45) is 0 Å². The standard InChI is InChI=1S/C34H34Cl2N4O5S/c1-42-31-16-23(2-8-30(31)45-33-9-5-26(19-38-33)46-25-4-6-27(35)28(36)18-25)10-11-37-20-34(41)40-14-12-39(13-15-40)21-24-3-7-29-32(17-24)44-22-43-29/h2-9,16-19,37H,10-15,20-22H2,1H3. The van der Waals surface area contributed by atoms with Gasteiger partial charge in [0.1, 0.15) is 0 Å². The van der Waals surface area contributed by atoms with Crippen molar-refractivity contribution < 1.29 is 23.7 Å². The lowest BCUT2D eigenvalue weighted by Crippen LogP contribution is -2.50. The topological polar surface area (TPSA) is 85.4 Å². The number of carbonyl (C=O) groups excluding carboxylic acids is 1. The number of benzene rings is 3. The Bertz CT molecular complexity index is 1670. The van der Waals surface area contributed by atoms with Crippen LogP contribution in [0.15, 0.2) is 82.7 Å². The highest BCUT2D eigenvalue weighted by molar-refractivity contribution is 7.99. The lowest BCUT2D eigenvalue weighted by Gasteiger charge is -2.34. The number of aromatic nitrogens is 1. The van der Waals surface area contributed by atoms with Gasteiger partial charge < -0.3 is 29.2 Å². The highest BCUT2D eigenvalue weighted by Gasteiger charge is 2.22. The number of halogens is 2. The Kier molecular flexibility index (Phi) is 10.7. The monoisotopic (exact) mass is 680 g/mol. The Morgan fingerprint density at radius 2 is 1.70 bits per heavy atom. The van der Waals surface area contributed by atoms with E-state index in [0.29, 0.717) is 40.5 Å². The van der Waals surface area contributed by atoms with E-state index in [1.165, 1.54) is 17.3 Å². The van der Waals surface area contributed by atoms with Gasteiger partial charge in [0, 0.05) is 54.8 Å². The SMILES string of the molecule is COc1cc(CCNCC(=O)N2CCN(Cc3ccc4c(c3)OCO4)CC2)ccc1Oc1ccc(Sc2ccc(Cl)c(Cl)c2)cn1. The number of hydrogen-bond donors (Lipinski definition) is 1. The van der Waals surface area contributed by atoms with Crippen molar-refractivity contribution in [3.05, 3.63) is 94.1 Å². The zero-order chi connectivity index (χ0) is 31.9. The van der Waals surface area contributed by atoms with Crippen LogP contribution in [0.4, 0.5) is 0 Å². The van der Waals surface area contributed by atoms with E-state index in [9.17, 15) is 4.79 Å². The maximum absolute atomic E-state index is 12.8. The zero-order valence-corrected chi connectivity index (χ0v) is 27.7. The molecule has 0 aliphatic carbocycles. The van der Waals surface area contributed by atoms with Crippen molar-refractivity contribution in [2.75, 3.05) is 53.2 Å². The van der Waals surface area contributed by atoms with Crippen LogP contribution in [0.1, 0.15) is 11.1 Å². The largest absolute Gasteiger partial charge is 0.493 e. The Morgan fingerprint density at radius 1 is 0.891 bits per heavy atom. The molecule has 2 aliphatic rings. The van der Waals surface area contributed by atoms with Gasteiger partial charge >= 0.3 is 0 Å². The van der Waals surface area contributed by atoms with Gasteiger partial charge in [-0.25, -0.2) is 4.98 Å². The van der Waals surface area contributed by atoms with Crippen molar-refractivity contribution in [1.29, 1.82) is 0 Å². The van der Waals surface area contributed by atoms with Crippen LogP contribution in [-0.2, 0) is 17.8 Å². The van der Waals surface area contributed by atoms with Crippen LogP contribution in [0, 0.1) is 0 Å². The molecule has 1 fully saturated rings. The van der Waals surface area contributed by atoms with Crippen molar-refractivity contribution in [3.8, 4) is 28.9 Å². The van der Waals surface area contributed by atoms with Crippen molar-refractivity contribution in [2.45, 2.75) is 22.8 Å². The summed E-state index contributed by atoms with van der Waals surface area (Å²) in [6.07, 6.45) is 2.49. The molecule has 1 saturated heterocycles. The van der Waals surface area contributed by atoms with Gasteiger partial charge in [-0.05, 0) is 72.6 Å². The summed E-state index contributed by atoms with van der Waals surface area (Å²) >= 11 is 13.7. The molecule has 9 nitrogen and oxygen atoms in total. The molecular formula is C34H34Cl2N4O5S. The molecule has 1 amide bonds. The summed E-state index contributed by atoms with van der Waals surface area (Å²) in [5.41, 5.74) is 2.26. The first-order valence-corrected chi connectivity index (χ1v) is 16.5. The van der Waals surface area contributed by atoms with E-state index in [4.69, 9.17) is 42.1 Å². The predicted octanol–water partition coefficient (Wildman–Crippen LogP) is 6.55. The molecule has 0 bridgehead atoms. The molecule has 3 heterocycles. The molecule has 0 radical (unpaired) electrons. The third-order valence-corrected chi connectivity index (χ3v) is 9.42. The fourth-order valence-electron chi connectivity index (χ4n) is 5.22. The van der Waals surface area contributed by atoms with Crippen LogP contribution >= 0.6 is 35.0 Å². The molecule has 240 valence electrons. The van der Waals surface area contributed by atoms with E-state index >= 15 is 0 Å². The van der Waals surface area contributed by atoms with E-state index in [1.54, 1.807) is 19.4 Å². The number of piperazine rings is 1. The van der Waals surface area contributed by atoms with E-state index in [0.717, 1.165) is 66.0 Å². The molecular weight excluding hydrogens is 647 g/mol. The average molecular weight is 682 g/mol. The highest BCUT2D eigenvalue weighted by atomic mass is 35.5. The summed E-state index contributed by atoms with van der Waals surface area (Å²) < 4.78 is 22.5. The van der Waals surface area contributed by atoms with Crippen LogP contribution in [0.5, 0.6) is 28.9 Å². The van der Waals surface area contributed by atoms with Gasteiger partial charge in [0.05, 0.1) is 23.7 Å². The Hall–Kier alpha value is -3.67. The minimum Gasteiger partial charge on any atom is -0.493 e. The minimum absolute atomic E-state index is 0.123. The normalized spacial score (nSPS) is 14.4. The number of carbonyl (C=O) groups is 1. The fraction of sp³-hybridized carbons (Fsp3) is 0.294. The number of nitrogens with zero attached hydrogens (tertiary/aromatic N) is 3. The number of hydrogen-bond acceptors (Lipinski definition) is 9. The number of methoxy groups -OCH3 is 1. The summed E-state index contributed by atoms with van der Waals surface area (Å²) in [6, 6.07) is 21.2.